The molecule has 2 aromatic carbocycles. The third-order valence-electron chi connectivity index (χ3n) is 4.59. The number of halogens is 1. The molecule has 1 fully saturated rings. The number of fused-ring (bicyclic) bond motifs is 1. The lowest BCUT2D eigenvalue weighted by Gasteiger charge is -2.34. The van der Waals surface area contributed by atoms with Crippen LogP contribution in [0.15, 0.2) is 48.5 Å². The first-order valence-electron chi connectivity index (χ1n) is 8.79. The number of nitrogens with zero attached hydrogens (tertiary/aromatic N) is 1. The lowest BCUT2D eigenvalue weighted by molar-refractivity contribution is -0.0000191. The van der Waals surface area contributed by atoms with Gasteiger partial charge in [-0.05, 0) is 17.7 Å². The van der Waals surface area contributed by atoms with Crippen LogP contribution in [-0.2, 0) is 4.74 Å². The molecule has 1 unspecified atom stereocenters. The molecule has 0 amide bonds. The zero-order valence-electron chi connectivity index (χ0n) is 14.6. The van der Waals surface area contributed by atoms with E-state index < -0.39 is 0 Å². The van der Waals surface area contributed by atoms with Crippen molar-refractivity contribution in [1.82, 2.24) is 4.90 Å². The molecule has 140 valence electrons. The van der Waals surface area contributed by atoms with Crippen LogP contribution in [0.3, 0.4) is 0 Å². The van der Waals surface area contributed by atoms with E-state index in [1.54, 1.807) is 0 Å². The fourth-order valence-corrected chi connectivity index (χ4v) is 3.27. The van der Waals surface area contributed by atoms with Crippen molar-refractivity contribution in [2.45, 2.75) is 6.04 Å². The molecule has 0 saturated carbocycles. The summed E-state index contributed by atoms with van der Waals surface area (Å²) in [4.78, 5) is 2.43. The van der Waals surface area contributed by atoms with Gasteiger partial charge in [0.15, 0.2) is 11.5 Å². The second-order valence-corrected chi connectivity index (χ2v) is 6.19. The Kier molecular flexibility index (Phi) is 6.61. The molecule has 0 aliphatic carbocycles. The molecule has 0 spiro atoms. The molecule has 0 radical (unpaired) electrons. The molecule has 5 nitrogen and oxygen atoms in total. The molecule has 6 heteroatoms. The average Bonchev–Trinajstić information content (AvgIpc) is 2.70. The molecule has 26 heavy (non-hydrogen) atoms. The molecular weight excluding hydrogens is 354 g/mol. The van der Waals surface area contributed by atoms with Gasteiger partial charge in [-0.1, -0.05) is 30.3 Å². The van der Waals surface area contributed by atoms with Gasteiger partial charge in [0.05, 0.1) is 19.3 Å². The van der Waals surface area contributed by atoms with Crippen LogP contribution in [0.25, 0.3) is 0 Å². The van der Waals surface area contributed by atoms with E-state index in [4.69, 9.17) is 18.9 Å². The van der Waals surface area contributed by atoms with Crippen molar-refractivity contribution >= 4 is 0 Å². The Balaban J connectivity index is 0.00000196. The zero-order chi connectivity index (χ0) is 16.9. The first-order valence-corrected chi connectivity index (χ1v) is 8.79. The van der Waals surface area contributed by atoms with Crippen LogP contribution in [0.1, 0.15) is 11.6 Å². The lowest BCUT2D eigenvalue weighted by Crippen LogP contribution is -3.00. The highest BCUT2D eigenvalue weighted by Crippen LogP contribution is 2.34. The van der Waals surface area contributed by atoms with Crippen molar-refractivity contribution < 1.29 is 31.4 Å². The topological polar surface area (TPSA) is 40.2 Å². The van der Waals surface area contributed by atoms with Gasteiger partial charge in [-0.3, -0.25) is 4.90 Å². The predicted molar refractivity (Wildman–Crippen MR) is 94.5 cm³/mol. The summed E-state index contributed by atoms with van der Waals surface area (Å²) in [6, 6.07) is 16.5. The fourth-order valence-electron chi connectivity index (χ4n) is 3.27. The van der Waals surface area contributed by atoms with Crippen LogP contribution in [-0.4, -0.2) is 51.0 Å². The van der Waals surface area contributed by atoms with Gasteiger partial charge in [-0.15, -0.1) is 0 Å². The monoisotopic (exact) mass is 376 g/mol. The largest absolute Gasteiger partial charge is 1.00 e. The summed E-state index contributed by atoms with van der Waals surface area (Å²) in [5.41, 5.74) is 1.27. The van der Waals surface area contributed by atoms with Gasteiger partial charge in [-0.2, -0.15) is 0 Å². The Morgan fingerprint density at radius 2 is 1.62 bits per heavy atom. The maximum absolute atomic E-state index is 6.12. The quantitative estimate of drug-likeness (QED) is 0.729. The van der Waals surface area contributed by atoms with Gasteiger partial charge in [0.1, 0.15) is 25.6 Å². The third kappa shape index (κ3) is 4.41. The van der Waals surface area contributed by atoms with Crippen LogP contribution in [0.2, 0.25) is 0 Å². The third-order valence-corrected chi connectivity index (χ3v) is 4.59. The normalized spacial score (nSPS) is 17.8. The fraction of sp³-hybridized carbons (Fsp3) is 0.400. The number of hydrogen-bond acceptors (Lipinski definition) is 5. The highest BCUT2D eigenvalue weighted by molar-refractivity contribution is 5.46. The van der Waals surface area contributed by atoms with Gasteiger partial charge < -0.3 is 31.4 Å². The van der Waals surface area contributed by atoms with Crippen LogP contribution < -0.4 is 26.6 Å². The van der Waals surface area contributed by atoms with Crippen molar-refractivity contribution in [3.63, 3.8) is 0 Å². The van der Waals surface area contributed by atoms with Crippen molar-refractivity contribution in [2.75, 3.05) is 46.1 Å². The van der Waals surface area contributed by atoms with E-state index in [-0.39, 0.29) is 18.4 Å². The minimum absolute atomic E-state index is 0. The lowest BCUT2D eigenvalue weighted by atomic mass is 10.1. The molecule has 0 bridgehead atoms. The van der Waals surface area contributed by atoms with Crippen molar-refractivity contribution in [3.05, 3.63) is 54.1 Å². The van der Waals surface area contributed by atoms with E-state index >= 15 is 0 Å². The minimum atomic E-state index is 0. The number of ether oxygens (including phenoxy) is 4. The summed E-state index contributed by atoms with van der Waals surface area (Å²) in [6.45, 7) is 5.15. The van der Waals surface area contributed by atoms with Crippen molar-refractivity contribution in [1.29, 1.82) is 0 Å². The van der Waals surface area contributed by atoms with Gasteiger partial charge in [-0.25, -0.2) is 0 Å². The molecule has 0 aromatic heterocycles. The van der Waals surface area contributed by atoms with E-state index in [1.807, 2.05) is 24.3 Å². The SMILES string of the molecule is [Cl-].c1ccc(C(COc2ccc3c(c2)OCCO3)N2CCOCC2)cc1. The first-order chi connectivity index (χ1) is 12.4. The van der Waals surface area contributed by atoms with Crippen molar-refractivity contribution in [3.8, 4) is 17.2 Å². The van der Waals surface area contributed by atoms with Crippen LogP contribution in [0, 0.1) is 0 Å². The molecule has 4 rings (SSSR count). The highest BCUT2D eigenvalue weighted by Gasteiger charge is 2.23. The predicted octanol–water partition coefficient (Wildman–Crippen LogP) is -0.0859. The molecule has 2 aliphatic heterocycles. The summed E-state index contributed by atoms with van der Waals surface area (Å²) in [7, 11) is 0. The van der Waals surface area contributed by atoms with Gasteiger partial charge in [0.25, 0.3) is 0 Å². The Bertz CT molecular complexity index is 691. The summed E-state index contributed by atoms with van der Waals surface area (Å²) < 4.78 is 22.8. The highest BCUT2D eigenvalue weighted by atomic mass is 35.5. The van der Waals surface area contributed by atoms with Gasteiger partial charge in [0, 0.05) is 19.2 Å². The summed E-state index contributed by atoms with van der Waals surface area (Å²) >= 11 is 0. The maximum Gasteiger partial charge on any atom is 0.165 e. The van der Waals surface area contributed by atoms with Crippen LogP contribution in [0.5, 0.6) is 17.2 Å². The number of benzene rings is 2. The number of hydrogen-bond donors (Lipinski definition) is 0. The van der Waals surface area contributed by atoms with Crippen LogP contribution >= 0.6 is 0 Å². The van der Waals surface area contributed by atoms with Gasteiger partial charge >= 0.3 is 0 Å². The summed E-state index contributed by atoms with van der Waals surface area (Å²) in [6.07, 6.45) is 0. The van der Waals surface area contributed by atoms with E-state index in [2.05, 4.69) is 29.2 Å². The number of rotatable bonds is 5. The Hall–Kier alpha value is -1.95. The first kappa shape index (κ1) is 18.8. The molecule has 1 saturated heterocycles. The average molecular weight is 377 g/mol. The number of morpholine rings is 1. The van der Waals surface area contributed by atoms with Crippen molar-refractivity contribution in [2.24, 2.45) is 0 Å². The zero-order valence-corrected chi connectivity index (χ0v) is 15.4. The molecule has 2 aromatic rings. The smallest absolute Gasteiger partial charge is 0.165 e. The summed E-state index contributed by atoms with van der Waals surface area (Å²) in [5.74, 6) is 2.34. The van der Waals surface area contributed by atoms with E-state index in [1.165, 1.54) is 5.56 Å². The Morgan fingerprint density at radius 3 is 2.38 bits per heavy atom. The molecular formula is C20H23ClNO4-. The summed E-state index contributed by atoms with van der Waals surface area (Å²) in [5, 5.41) is 0. The van der Waals surface area contributed by atoms with E-state index in [9.17, 15) is 0 Å². The standard InChI is InChI=1S/C20H23NO4.ClH/c1-2-4-16(5-3-1)18(21-8-10-22-11-9-21)15-25-17-6-7-19-20(14-17)24-13-12-23-19;/h1-7,14,18H,8-13,15H2;1H/p-1. The maximum atomic E-state index is 6.12. The molecule has 2 heterocycles. The van der Waals surface area contributed by atoms with Gasteiger partial charge in [0.2, 0.25) is 0 Å². The van der Waals surface area contributed by atoms with E-state index in [0.29, 0.717) is 19.8 Å². The second-order valence-electron chi connectivity index (χ2n) is 6.19. The van der Waals surface area contributed by atoms with E-state index in [0.717, 1.165) is 43.6 Å². The molecule has 2 aliphatic rings. The molecule has 1 atom stereocenters. The Labute approximate surface area is 160 Å². The molecule has 0 N–H and O–H groups in total. The Morgan fingerprint density at radius 1 is 0.885 bits per heavy atom. The van der Waals surface area contributed by atoms with Crippen LogP contribution in [0.4, 0.5) is 0 Å². The second kappa shape index (κ2) is 9.12. The minimum Gasteiger partial charge on any atom is -1.00 e.